The molecular weight excluding hydrogens is 242 g/mol. The van der Waals surface area contributed by atoms with E-state index >= 15 is 0 Å². The Hall–Kier alpha value is -1.17. The van der Waals surface area contributed by atoms with Gasteiger partial charge in [-0.05, 0) is 25.0 Å². The number of nitrogens with two attached hydrogens (primary N) is 1. The van der Waals surface area contributed by atoms with Crippen molar-refractivity contribution >= 4 is 23.2 Å². The highest BCUT2D eigenvalue weighted by Crippen LogP contribution is 2.20. The van der Waals surface area contributed by atoms with Gasteiger partial charge in [-0.1, -0.05) is 11.6 Å². The third-order valence-electron chi connectivity index (χ3n) is 2.78. The van der Waals surface area contributed by atoms with Crippen LogP contribution in [0.25, 0.3) is 0 Å². The van der Waals surface area contributed by atoms with Crippen LogP contribution < -0.4 is 11.1 Å². The minimum absolute atomic E-state index is 0.249. The van der Waals surface area contributed by atoms with Gasteiger partial charge < -0.3 is 15.8 Å². The molecule has 92 valence electrons. The molecule has 1 unspecified atom stereocenters. The third kappa shape index (κ3) is 2.57. The number of halogens is 1. The molecule has 3 N–H and O–H groups in total. The second kappa shape index (κ2) is 4.60. The summed E-state index contributed by atoms with van der Waals surface area (Å²) in [4.78, 5) is 15.9. The molecule has 2 heterocycles. The Balaban J connectivity index is 2.10. The van der Waals surface area contributed by atoms with Crippen molar-refractivity contribution in [3.8, 4) is 0 Å². The van der Waals surface area contributed by atoms with Crippen LogP contribution in [0.1, 0.15) is 12.0 Å². The Labute approximate surface area is 104 Å². The fourth-order valence-corrected chi connectivity index (χ4v) is 1.75. The number of carbonyl (C=O) groups excluding carboxylic acids is 1. The minimum Gasteiger partial charge on any atom is -0.379 e. The molecule has 17 heavy (non-hydrogen) atoms. The lowest BCUT2D eigenvalue weighted by Gasteiger charge is -2.20. The van der Waals surface area contributed by atoms with Crippen LogP contribution in [0, 0.1) is 6.92 Å². The summed E-state index contributed by atoms with van der Waals surface area (Å²) in [5, 5.41) is 3.15. The van der Waals surface area contributed by atoms with Gasteiger partial charge in [0.05, 0.1) is 18.5 Å². The summed E-state index contributed by atoms with van der Waals surface area (Å²) < 4.78 is 5.14. The van der Waals surface area contributed by atoms with E-state index in [2.05, 4.69) is 10.3 Å². The minimum atomic E-state index is -0.937. The normalized spacial score (nSPS) is 23.7. The summed E-state index contributed by atoms with van der Waals surface area (Å²) in [7, 11) is 0. The Morgan fingerprint density at radius 3 is 3.06 bits per heavy atom. The molecule has 1 atom stereocenters. The van der Waals surface area contributed by atoms with Crippen LogP contribution in [-0.4, -0.2) is 29.6 Å². The number of rotatable bonds is 2. The molecule has 1 amide bonds. The predicted octanol–water partition coefficient (Wildman–Crippen LogP) is 1.10. The van der Waals surface area contributed by atoms with E-state index in [1.54, 1.807) is 6.07 Å². The number of aromatic nitrogens is 1. The van der Waals surface area contributed by atoms with Crippen LogP contribution in [0.4, 0.5) is 5.69 Å². The number of amides is 1. The van der Waals surface area contributed by atoms with Crippen LogP contribution in [0.15, 0.2) is 12.3 Å². The van der Waals surface area contributed by atoms with Crippen molar-refractivity contribution in [3.63, 3.8) is 0 Å². The fraction of sp³-hybridized carbons (Fsp3) is 0.455. The van der Waals surface area contributed by atoms with E-state index < -0.39 is 5.54 Å². The van der Waals surface area contributed by atoms with Gasteiger partial charge in [-0.25, -0.2) is 4.98 Å². The van der Waals surface area contributed by atoms with E-state index in [9.17, 15) is 4.79 Å². The van der Waals surface area contributed by atoms with E-state index in [0.717, 1.165) is 5.56 Å². The molecule has 1 aliphatic heterocycles. The van der Waals surface area contributed by atoms with Crippen molar-refractivity contribution in [3.05, 3.63) is 23.0 Å². The number of pyridine rings is 1. The summed E-state index contributed by atoms with van der Waals surface area (Å²) in [5.74, 6) is -0.251. The van der Waals surface area contributed by atoms with Crippen LogP contribution in [0.2, 0.25) is 5.15 Å². The van der Waals surface area contributed by atoms with Gasteiger partial charge in [-0.2, -0.15) is 0 Å². The number of nitrogens with one attached hydrogen (secondary N) is 1. The molecule has 1 saturated heterocycles. The first-order chi connectivity index (χ1) is 8.01. The topological polar surface area (TPSA) is 77.2 Å². The van der Waals surface area contributed by atoms with E-state index in [1.807, 2.05) is 6.92 Å². The van der Waals surface area contributed by atoms with Crippen molar-refractivity contribution in [2.24, 2.45) is 5.73 Å². The molecule has 0 bridgehead atoms. The second-order valence-corrected chi connectivity index (χ2v) is 4.60. The molecule has 1 aliphatic rings. The number of ether oxygens (including phenoxy) is 1. The third-order valence-corrected chi connectivity index (χ3v) is 3.17. The quantitative estimate of drug-likeness (QED) is 0.776. The number of aryl methyl sites for hydroxylation is 1. The molecule has 0 aromatic carbocycles. The monoisotopic (exact) mass is 255 g/mol. The molecule has 1 fully saturated rings. The molecule has 1 aromatic rings. The van der Waals surface area contributed by atoms with Crippen molar-refractivity contribution < 1.29 is 9.53 Å². The van der Waals surface area contributed by atoms with Gasteiger partial charge >= 0.3 is 0 Å². The molecule has 0 aliphatic carbocycles. The summed E-state index contributed by atoms with van der Waals surface area (Å²) in [6.45, 7) is 2.59. The maximum absolute atomic E-state index is 12.0. The molecular formula is C11H14ClN3O2. The lowest BCUT2D eigenvalue weighted by Crippen LogP contribution is -2.51. The lowest BCUT2D eigenvalue weighted by molar-refractivity contribution is -0.121. The summed E-state index contributed by atoms with van der Waals surface area (Å²) >= 11 is 5.80. The van der Waals surface area contributed by atoms with Crippen molar-refractivity contribution in [1.82, 2.24) is 4.98 Å². The molecule has 1 aromatic heterocycles. The number of hydrogen-bond acceptors (Lipinski definition) is 4. The largest absolute Gasteiger partial charge is 0.379 e. The summed E-state index contributed by atoms with van der Waals surface area (Å²) in [6.07, 6.45) is 2.03. The average molecular weight is 256 g/mol. The first-order valence-electron chi connectivity index (χ1n) is 5.31. The van der Waals surface area contributed by atoms with Crippen LogP contribution in [-0.2, 0) is 9.53 Å². The van der Waals surface area contributed by atoms with E-state index in [4.69, 9.17) is 22.1 Å². The van der Waals surface area contributed by atoms with Crippen molar-refractivity contribution in [2.45, 2.75) is 18.9 Å². The number of hydrogen-bond donors (Lipinski definition) is 2. The highest BCUT2D eigenvalue weighted by Gasteiger charge is 2.38. The Bertz CT molecular complexity index is 444. The van der Waals surface area contributed by atoms with Crippen LogP contribution in [0.3, 0.4) is 0 Å². The van der Waals surface area contributed by atoms with Gasteiger partial charge in [0.15, 0.2) is 0 Å². The number of carbonyl (C=O) groups is 1. The molecule has 0 radical (unpaired) electrons. The average Bonchev–Trinajstić information content (AvgIpc) is 2.72. The number of nitrogens with zero attached hydrogens (tertiary/aromatic N) is 1. The van der Waals surface area contributed by atoms with Gasteiger partial charge in [-0.15, -0.1) is 0 Å². The Kier molecular flexibility index (Phi) is 3.33. The molecule has 0 spiro atoms. The molecule has 0 saturated carbocycles. The van der Waals surface area contributed by atoms with E-state index in [-0.39, 0.29) is 12.5 Å². The van der Waals surface area contributed by atoms with Crippen LogP contribution in [0.5, 0.6) is 0 Å². The Morgan fingerprint density at radius 1 is 1.71 bits per heavy atom. The predicted molar refractivity (Wildman–Crippen MR) is 65.0 cm³/mol. The smallest absolute Gasteiger partial charge is 0.246 e. The SMILES string of the molecule is Cc1cc(NC(=O)C2(N)CCOC2)cnc1Cl. The van der Waals surface area contributed by atoms with Crippen LogP contribution >= 0.6 is 11.6 Å². The van der Waals surface area contributed by atoms with Gasteiger partial charge in [-0.3, -0.25) is 4.79 Å². The zero-order valence-electron chi connectivity index (χ0n) is 9.50. The van der Waals surface area contributed by atoms with Crippen molar-refractivity contribution in [2.75, 3.05) is 18.5 Å². The second-order valence-electron chi connectivity index (χ2n) is 4.24. The van der Waals surface area contributed by atoms with Gasteiger partial charge in [0.1, 0.15) is 10.7 Å². The van der Waals surface area contributed by atoms with Gasteiger partial charge in [0.25, 0.3) is 0 Å². The standard InChI is InChI=1S/C11H14ClN3O2/c1-7-4-8(5-14-9(7)12)15-10(16)11(13)2-3-17-6-11/h4-5H,2-3,6,13H2,1H3,(H,15,16). The lowest BCUT2D eigenvalue weighted by atomic mass is 9.99. The fourth-order valence-electron chi connectivity index (χ4n) is 1.64. The molecule has 5 nitrogen and oxygen atoms in total. The maximum atomic E-state index is 12.0. The Morgan fingerprint density at radius 2 is 2.47 bits per heavy atom. The first kappa shape index (κ1) is 12.3. The summed E-state index contributed by atoms with van der Waals surface area (Å²) in [5.41, 5.74) is 6.39. The van der Waals surface area contributed by atoms with E-state index in [0.29, 0.717) is 23.9 Å². The highest BCUT2D eigenvalue weighted by molar-refractivity contribution is 6.30. The molecule has 2 rings (SSSR count). The number of anilines is 1. The van der Waals surface area contributed by atoms with Gasteiger partial charge in [0.2, 0.25) is 5.91 Å². The van der Waals surface area contributed by atoms with Crippen molar-refractivity contribution in [1.29, 1.82) is 0 Å². The molecule has 6 heteroatoms. The maximum Gasteiger partial charge on any atom is 0.246 e. The summed E-state index contributed by atoms with van der Waals surface area (Å²) in [6, 6.07) is 1.76. The zero-order valence-corrected chi connectivity index (χ0v) is 10.3. The highest BCUT2D eigenvalue weighted by atomic mass is 35.5. The van der Waals surface area contributed by atoms with E-state index in [1.165, 1.54) is 6.20 Å². The zero-order chi connectivity index (χ0) is 12.5. The van der Waals surface area contributed by atoms with Gasteiger partial charge in [0, 0.05) is 6.61 Å². The first-order valence-corrected chi connectivity index (χ1v) is 5.69.